The van der Waals surface area contributed by atoms with Crippen molar-refractivity contribution >= 4 is 23.3 Å². The highest BCUT2D eigenvalue weighted by Crippen LogP contribution is 2.34. The fourth-order valence-electron chi connectivity index (χ4n) is 4.47. The van der Waals surface area contributed by atoms with Gasteiger partial charge in [-0.15, -0.1) is 12.4 Å². The number of aromatic amines is 1. The highest BCUT2D eigenvalue weighted by atomic mass is 35.5. The molecule has 0 amide bonds. The normalized spacial score (nSPS) is 20.9. The molecule has 1 fully saturated rings. The summed E-state index contributed by atoms with van der Waals surface area (Å²) in [5, 5.41) is 12.0. The van der Waals surface area contributed by atoms with Crippen LogP contribution in [0.25, 0.3) is 10.9 Å². The molecule has 0 radical (unpaired) electrons. The van der Waals surface area contributed by atoms with Crippen LogP contribution in [0.1, 0.15) is 24.3 Å². The summed E-state index contributed by atoms with van der Waals surface area (Å²) in [4.78, 5) is 5.74. The minimum Gasteiger partial charge on any atom is -0.486 e. The smallest absolute Gasteiger partial charge is 0.161 e. The van der Waals surface area contributed by atoms with Crippen molar-refractivity contribution in [1.82, 2.24) is 9.88 Å². The molecule has 2 N–H and O–H groups in total. The zero-order valence-corrected chi connectivity index (χ0v) is 17.1. The van der Waals surface area contributed by atoms with Crippen LogP contribution in [0.4, 0.5) is 0 Å². The molecule has 2 aliphatic rings. The first-order valence-corrected chi connectivity index (χ1v) is 10.1. The Morgan fingerprint density at radius 1 is 1.03 bits per heavy atom. The van der Waals surface area contributed by atoms with Gasteiger partial charge in [0, 0.05) is 23.6 Å². The number of likely N-dealkylation sites (tertiary alicyclic amines) is 1. The number of aliphatic hydroxyl groups is 1. The van der Waals surface area contributed by atoms with E-state index in [2.05, 4.69) is 40.3 Å². The number of hydrogen-bond donors (Lipinski definition) is 2. The fraction of sp³-hybridized carbons (Fsp3) is 0.391. The van der Waals surface area contributed by atoms with Crippen LogP contribution >= 0.6 is 12.4 Å². The van der Waals surface area contributed by atoms with Gasteiger partial charge in [0.1, 0.15) is 12.7 Å². The van der Waals surface area contributed by atoms with Gasteiger partial charge in [-0.05, 0) is 55.6 Å². The second-order valence-electron chi connectivity index (χ2n) is 7.85. The average molecular weight is 415 g/mol. The number of fused-ring (bicyclic) bond motifs is 2. The molecule has 1 aromatic heterocycles. The molecule has 0 aliphatic carbocycles. The molecule has 154 valence electrons. The minimum atomic E-state index is -0.557. The molecule has 1 saturated heterocycles. The van der Waals surface area contributed by atoms with Crippen molar-refractivity contribution in [2.75, 3.05) is 26.2 Å². The predicted molar refractivity (Wildman–Crippen MR) is 116 cm³/mol. The van der Waals surface area contributed by atoms with E-state index < -0.39 is 6.10 Å². The lowest BCUT2D eigenvalue weighted by molar-refractivity contribution is -0.0280. The molecule has 5 nitrogen and oxygen atoms in total. The molecule has 29 heavy (non-hydrogen) atoms. The molecular weight excluding hydrogens is 388 g/mol. The van der Waals surface area contributed by atoms with Crippen LogP contribution in [0.3, 0.4) is 0 Å². The standard InChI is InChI=1S/C23H26N2O3.ClH/c26-20(23-15-27-21-7-3-4-8-22(21)28-23)14-25-11-9-16(10-12-25)18-13-24-19-6-2-1-5-17(18)19;/h1-8,13,16,20,23-24,26H,9-12,14-15H2;1H. The molecule has 3 heterocycles. The van der Waals surface area contributed by atoms with E-state index in [0.717, 1.165) is 37.4 Å². The Labute approximate surface area is 177 Å². The van der Waals surface area contributed by atoms with Crippen LogP contribution in [0.2, 0.25) is 0 Å². The van der Waals surface area contributed by atoms with Gasteiger partial charge in [-0.2, -0.15) is 0 Å². The van der Waals surface area contributed by atoms with E-state index in [4.69, 9.17) is 9.47 Å². The van der Waals surface area contributed by atoms with E-state index in [1.807, 2.05) is 24.3 Å². The monoisotopic (exact) mass is 414 g/mol. The Morgan fingerprint density at radius 3 is 2.59 bits per heavy atom. The molecule has 0 saturated carbocycles. The van der Waals surface area contributed by atoms with Crippen LogP contribution in [0, 0.1) is 0 Å². The number of hydrogen-bond acceptors (Lipinski definition) is 4. The summed E-state index contributed by atoms with van der Waals surface area (Å²) in [6.45, 7) is 3.00. The molecule has 0 spiro atoms. The van der Waals surface area contributed by atoms with Crippen molar-refractivity contribution in [2.24, 2.45) is 0 Å². The third-order valence-electron chi connectivity index (χ3n) is 6.05. The number of nitrogens with one attached hydrogen (secondary N) is 1. The number of halogens is 1. The lowest BCUT2D eigenvalue weighted by atomic mass is 9.89. The lowest BCUT2D eigenvalue weighted by Crippen LogP contribution is -2.47. The number of benzene rings is 2. The maximum atomic E-state index is 10.7. The molecule has 6 heteroatoms. The number of β-amino-alcohol motifs (C(OH)–C–C–N with tert-alkyl or cyclic N) is 1. The van der Waals surface area contributed by atoms with Gasteiger partial charge in [0.25, 0.3) is 0 Å². The third-order valence-corrected chi connectivity index (χ3v) is 6.05. The molecule has 5 rings (SSSR count). The van der Waals surface area contributed by atoms with Gasteiger partial charge in [-0.1, -0.05) is 30.3 Å². The molecule has 2 aromatic carbocycles. The SMILES string of the molecule is Cl.OC(CN1CCC(c2c[nH]c3ccccc23)CC1)C1COc2ccccc2O1. The number of ether oxygens (including phenoxy) is 2. The number of piperidine rings is 1. The zero-order valence-electron chi connectivity index (χ0n) is 16.3. The Morgan fingerprint density at radius 2 is 1.76 bits per heavy atom. The quantitative estimate of drug-likeness (QED) is 0.678. The van der Waals surface area contributed by atoms with Crippen LogP contribution in [0.15, 0.2) is 54.7 Å². The first-order chi connectivity index (χ1) is 13.8. The van der Waals surface area contributed by atoms with E-state index in [1.165, 1.54) is 16.5 Å². The van der Waals surface area contributed by atoms with Crippen molar-refractivity contribution in [3.63, 3.8) is 0 Å². The summed E-state index contributed by atoms with van der Waals surface area (Å²) >= 11 is 0. The highest BCUT2D eigenvalue weighted by molar-refractivity contribution is 5.85. The van der Waals surface area contributed by atoms with Gasteiger partial charge < -0.3 is 24.5 Å². The Balaban J connectivity index is 0.00000205. The minimum absolute atomic E-state index is 0. The number of aromatic nitrogens is 1. The highest BCUT2D eigenvalue weighted by Gasteiger charge is 2.30. The fourth-order valence-corrected chi connectivity index (χ4v) is 4.47. The lowest BCUT2D eigenvalue weighted by Gasteiger charge is -2.36. The summed E-state index contributed by atoms with van der Waals surface area (Å²) < 4.78 is 11.7. The molecule has 0 bridgehead atoms. The van der Waals surface area contributed by atoms with Crippen molar-refractivity contribution < 1.29 is 14.6 Å². The number of aliphatic hydroxyl groups excluding tert-OH is 1. The number of nitrogens with zero attached hydrogens (tertiary/aromatic N) is 1. The summed E-state index contributed by atoms with van der Waals surface area (Å²) in [6, 6.07) is 16.2. The van der Waals surface area contributed by atoms with Crippen molar-refractivity contribution in [1.29, 1.82) is 0 Å². The maximum Gasteiger partial charge on any atom is 0.161 e. The molecule has 2 aliphatic heterocycles. The number of H-pyrrole nitrogens is 1. The largest absolute Gasteiger partial charge is 0.486 e. The number of rotatable bonds is 4. The number of para-hydroxylation sites is 3. The van der Waals surface area contributed by atoms with E-state index >= 15 is 0 Å². The van der Waals surface area contributed by atoms with Crippen LogP contribution < -0.4 is 9.47 Å². The predicted octanol–water partition coefficient (Wildman–Crippen LogP) is 3.97. The van der Waals surface area contributed by atoms with Crippen molar-refractivity contribution in [3.05, 3.63) is 60.3 Å². The van der Waals surface area contributed by atoms with E-state index in [-0.39, 0.29) is 18.5 Å². The van der Waals surface area contributed by atoms with Crippen LogP contribution in [0.5, 0.6) is 11.5 Å². The first-order valence-electron chi connectivity index (χ1n) is 10.1. The molecule has 3 aromatic rings. The van der Waals surface area contributed by atoms with E-state index in [1.54, 1.807) is 0 Å². The van der Waals surface area contributed by atoms with Crippen LogP contribution in [-0.4, -0.2) is 53.4 Å². The van der Waals surface area contributed by atoms with Crippen molar-refractivity contribution in [2.45, 2.75) is 31.0 Å². The summed E-state index contributed by atoms with van der Waals surface area (Å²) in [6.07, 6.45) is 3.52. The Kier molecular flexibility index (Phi) is 5.99. The maximum absolute atomic E-state index is 10.7. The van der Waals surface area contributed by atoms with E-state index in [9.17, 15) is 5.11 Å². The van der Waals surface area contributed by atoms with Gasteiger partial charge in [0.15, 0.2) is 17.6 Å². The topological polar surface area (TPSA) is 57.7 Å². The second-order valence-corrected chi connectivity index (χ2v) is 7.85. The molecule has 2 atom stereocenters. The van der Waals surface area contributed by atoms with Crippen LogP contribution in [-0.2, 0) is 0 Å². The molecule has 2 unspecified atom stereocenters. The summed E-state index contributed by atoms with van der Waals surface area (Å²) in [5.74, 6) is 2.05. The van der Waals surface area contributed by atoms with Gasteiger partial charge in [0.2, 0.25) is 0 Å². The first kappa shape index (κ1) is 20.1. The molecular formula is C23H27ClN2O3. The van der Waals surface area contributed by atoms with Gasteiger partial charge in [-0.3, -0.25) is 0 Å². The Hall–Kier alpha value is -2.21. The van der Waals surface area contributed by atoms with Gasteiger partial charge in [0.05, 0.1) is 0 Å². The summed E-state index contributed by atoms with van der Waals surface area (Å²) in [5.41, 5.74) is 2.64. The van der Waals surface area contributed by atoms with Crippen molar-refractivity contribution in [3.8, 4) is 11.5 Å². The summed E-state index contributed by atoms with van der Waals surface area (Å²) in [7, 11) is 0. The third kappa shape index (κ3) is 4.08. The zero-order chi connectivity index (χ0) is 18.9. The van der Waals surface area contributed by atoms with Gasteiger partial charge in [-0.25, -0.2) is 0 Å². The van der Waals surface area contributed by atoms with Gasteiger partial charge >= 0.3 is 0 Å². The van der Waals surface area contributed by atoms with E-state index in [0.29, 0.717) is 19.1 Å². The average Bonchev–Trinajstić information content (AvgIpc) is 3.18. The second kappa shape index (κ2) is 8.66. The Bertz CT molecular complexity index is 952.